The van der Waals surface area contributed by atoms with Crippen LogP contribution in [0.25, 0.3) is 0 Å². The van der Waals surface area contributed by atoms with Gasteiger partial charge in [-0.05, 0) is 18.3 Å². The maximum absolute atomic E-state index is 12.3. The Hall–Kier alpha value is -0.580. The number of halogens is 3. The van der Waals surface area contributed by atoms with Gasteiger partial charge in [-0.15, -0.1) is 11.3 Å². The summed E-state index contributed by atoms with van der Waals surface area (Å²) in [6, 6.07) is 0. The highest BCUT2D eigenvalue weighted by molar-refractivity contribution is 7.09. The Bertz CT molecular complexity index is 356. The lowest BCUT2D eigenvalue weighted by Gasteiger charge is -2.01. The molecule has 0 amide bonds. The maximum atomic E-state index is 12.3. The Morgan fingerprint density at radius 2 is 2.13 bits per heavy atom. The Morgan fingerprint density at radius 3 is 2.53 bits per heavy atom. The van der Waals surface area contributed by atoms with E-state index in [0.29, 0.717) is 16.8 Å². The summed E-state index contributed by atoms with van der Waals surface area (Å²) in [6.07, 6.45) is -3.31. The molecule has 0 bridgehead atoms. The van der Waals surface area contributed by atoms with Crippen molar-refractivity contribution in [3.05, 3.63) is 16.1 Å². The largest absolute Gasteiger partial charge is 0.434 e. The third kappa shape index (κ3) is 2.17. The molecule has 0 spiro atoms. The van der Waals surface area contributed by atoms with E-state index >= 15 is 0 Å². The van der Waals surface area contributed by atoms with Gasteiger partial charge in [0.25, 0.3) is 0 Å². The molecule has 0 radical (unpaired) electrons. The van der Waals surface area contributed by atoms with Crippen LogP contribution >= 0.6 is 11.3 Å². The normalized spacial score (nSPS) is 26.0. The molecule has 0 aliphatic heterocycles. The van der Waals surface area contributed by atoms with E-state index in [9.17, 15) is 13.2 Å². The van der Waals surface area contributed by atoms with Gasteiger partial charge in [0.15, 0.2) is 5.69 Å². The molecule has 1 nitrogen and oxygen atoms in total. The summed E-state index contributed by atoms with van der Waals surface area (Å²) in [4.78, 5) is 3.67. The van der Waals surface area contributed by atoms with Crippen LogP contribution < -0.4 is 0 Å². The minimum atomic E-state index is -4.29. The summed E-state index contributed by atoms with van der Waals surface area (Å²) in [5, 5.41) is 1.77. The Morgan fingerprint density at radius 1 is 1.47 bits per heavy atom. The van der Waals surface area contributed by atoms with Crippen molar-refractivity contribution in [3.8, 4) is 0 Å². The van der Waals surface area contributed by atoms with E-state index in [2.05, 4.69) is 18.8 Å². The molecule has 1 fully saturated rings. The molecule has 2 atom stereocenters. The van der Waals surface area contributed by atoms with Crippen molar-refractivity contribution in [2.45, 2.75) is 32.4 Å². The molecule has 84 valence electrons. The van der Waals surface area contributed by atoms with Gasteiger partial charge in [0.1, 0.15) is 0 Å². The highest BCUT2D eigenvalue weighted by Gasteiger charge is 2.43. The van der Waals surface area contributed by atoms with Crippen LogP contribution in [0.5, 0.6) is 0 Å². The van der Waals surface area contributed by atoms with Crippen molar-refractivity contribution in [1.82, 2.24) is 4.98 Å². The molecule has 1 aromatic heterocycles. The molecule has 2 rings (SSSR count). The predicted octanol–water partition coefficient (Wildman–Crippen LogP) is 3.92. The molecule has 5 heteroatoms. The smallest absolute Gasteiger partial charge is 0.236 e. The summed E-state index contributed by atoms with van der Waals surface area (Å²) in [5.41, 5.74) is -0.739. The van der Waals surface area contributed by atoms with E-state index in [1.54, 1.807) is 0 Å². The van der Waals surface area contributed by atoms with Gasteiger partial charge >= 0.3 is 6.18 Å². The first-order chi connectivity index (χ1) is 6.89. The molecule has 1 heterocycles. The zero-order valence-corrected chi connectivity index (χ0v) is 9.32. The minimum absolute atomic E-state index is 0.270. The van der Waals surface area contributed by atoms with Crippen LogP contribution in [-0.2, 0) is 6.18 Å². The zero-order valence-electron chi connectivity index (χ0n) is 8.51. The lowest BCUT2D eigenvalue weighted by Crippen LogP contribution is -2.05. The summed E-state index contributed by atoms with van der Waals surface area (Å²) in [7, 11) is 0. The summed E-state index contributed by atoms with van der Waals surface area (Å²) < 4.78 is 36.9. The summed E-state index contributed by atoms with van der Waals surface area (Å²) >= 11 is 1.14. The first kappa shape index (κ1) is 10.9. The van der Waals surface area contributed by atoms with Gasteiger partial charge in [0.05, 0.1) is 5.01 Å². The van der Waals surface area contributed by atoms with E-state index in [0.717, 1.165) is 23.1 Å². The number of hydrogen-bond acceptors (Lipinski definition) is 2. The number of hydrogen-bond donors (Lipinski definition) is 0. The highest BCUT2D eigenvalue weighted by atomic mass is 32.1. The van der Waals surface area contributed by atoms with Gasteiger partial charge in [-0.25, -0.2) is 4.98 Å². The second kappa shape index (κ2) is 3.47. The third-order valence-corrected chi connectivity index (χ3v) is 3.80. The molecular formula is C10H12F3NS. The molecule has 1 aromatic rings. The molecular weight excluding hydrogens is 223 g/mol. The summed E-state index contributed by atoms with van der Waals surface area (Å²) in [5.74, 6) is 1.33. The topological polar surface area (TPSA) is 12.9 Å². The van der Waals surface area contributed by atoms with Crippen molar-refractivity contribution < 1.29 is 13.2 Å². The van der Waals surface area contributed by atoms with Crippen molar-refractivity contribution in [3.63, 3.8) is 0 Å². The first-order valence-corrected chi connectivity index (χ1v) is 5.80. The third-order valence-electron chi connectivity index (χ3n) is 2.83. The van der Waals surface area contributed by atoms with Gasteiger partial charge in [-0.2, -0.15) is 13.2 Å². The van der Waals surface area contributed by atoms with E-state index in [4.69, 9.17) is 0 Å². The van der Waals surface area contributed by atoms with E-state index < -0.39 is 11.9 Å². The fraction of sp³-hybridized carbons (Fsp3) is 0.700. The van der Waals surface area contributed by atoms with Gasteiger partial charge in [0, 0.05) is 11.3 Å². The number of thiazole rings is 1. The number of aromatic nitrogens is 1. The lowest BCUT2D eigenvalue weighted by molar-refractivity contribution is -0.140. The van der Waals surface area contributed by atoms with Gasteiger partial charge in [-0.1, -0.05) is 13.8 Å². The van der Waals surface area contributed by atoms with Gasteiger partial charge in [-0.3, -0.25) is 0 Å². The van der Waals surface area contributed by atoms with Crippen molar-refractivity contribution in [2.24, 2.45) is 11.8 Å². The van der Waals surface area contributed by atoms with E-state index in [1.165, 1.54) is 0 Å². The first-order valence-electron chi connectivity index (χ1n) is 4.92. The Kier molecular flexibility index (Phi) is 2.53. The molecule has 0 unspecified atom stereocenters. The van der Waals surface area contributed by atoms with Crippen LogP contribution in [0.3, 0.4) is 0 Å². The molecule has 1 aliphatic carbocycles. The number of rotatable bonds is 2. The Balaban J connectivity index is 2.10. The monoisotopic (exact) mass is 235 g/mol. The maximum Gasteiger partial charge on any atom is 0.434 e. The highest BCUT2D eigenvalue weighted by Crippen LogP contribution is 2.52. The van der Waals surface area contributed by atoms with Gasteiger partial charge < -0.3 is 0 Å². The number of nitrogens with zero attached hydrogens (tertiary/aromatic N) is 1. The fourth-order valence-corrected chi connectivity index (χ4v) is 2.84. The van der Waals surface area contributed by atoms with Gasteiger partial charge in [0.2, 0.25) is 0 Å². The quantitative estimate of drug-likeness (QED) is 0.757. The molecule has 1 aliphatic rings. The van der Waals surface area contributed by atoms with Crippen LogP contribution in [0.1, 0.15) is 36.9 Å². The molecule has 15 heavy (non-hydrogen) atoms. The average molecular weight is 235 g/mol. The van der Waals surface area contributed by atoms with Crippen LogP contribution in [0.2, 0.25) is 0 Å². The van der Waals surface area contributed by atoms with Crippen molar-refractivity contribution >= 4 is 11.3 Å². The molecule has 0 N–H and O–H groups in total. The van der Waals surface area contributed by atoms with Crippen LogP contribution in [0, 0.1) is 11.8 Å². The minimum Gasteiger partial charge on any atom is -0.236 e. The zero-order chi connectivity index (χ0) is 11.2. The second-order valence-corrected chi connectivity index (χ2v) is 5.21. The lowest BCUT2D eigenvalue weighted by atomic mass is 10.1. The SMILES string of the molecule is CC(C)[C@H]1C[C@@H]1c1nc(C(F)(F)F)cs1. The molecule has 0 aromatic carbocycles. The second-order valence-electron chi connectivity index (χ2n) is 4.32. The fourth-order valence-electron chi connectivity index (χ4n) is 1.82. The molecule has 1 saturated carbocycles. The molecule has 0 saturated heterocycles. The Labute approximate surface area is 90.3 Å². The average Bonchev–Trinajstić information content (AvgIpc) is 2.74. The summed E-state index contributed by atoms with van der Waals surface area (Å²) in [6.45, 7) is 4.20. The number of alkyl halides is 3. The van der Waals surface area contributed by atoms with E-state index in [1.807, 2.05) is 0 Å². The van der Waals surface area contributed by atoms with E-state index in [-0.39, 0.29) is 5.92 Å². The van der Waals surface area contributed by atoms with Crippen molar-refractivity contribution in [1.29, 1.82) is 0 Å². The van der Waals surface area contributed by atoms with Crippen LogP contribution in [0.4, 0.5) is 13.2 Å². The van der Waals surface area contributed by atoms with Crippen molar-refractivity contribution in [2.75, 3.05) is 0 Å². The predicted molar refractivity (Wildman–Crippen MR) is 52.8 cm³/mol. The standard InChI is InChI=1S/C10H12F3NS/c1-5(2)6-3-7(6)9-14-8(4-15-9)10(11,12)13/h4-7H,3H2,1-2H3/t6-,7+/m1/s1. The van der Waals surface area contributed by atoms with Crippen LogP contribution in [-0.4, -0.2) is 4.98 Å². The van der Waals surface area contributed by atoms with Crippen LogP contribution in [0.15, 0.2) is 5.38 Å².